The first-order chi connectivity index (χ1) is 12.1. The average Bonchev–Trinajstić information content (AvgIpc) is 2.92. The van der Waals surface area contributed by atoms with Crippen molar-refractivity contribution in [3.63, 3.8) is 0 Å². The van der Waals surface area contributed by atoms with Gasteiger partial charge in [0.25, 0.3) is 0 Å². The Morgan fingerprint density at radius 3 is 2.64 bits per heavy atom. The van der Waals surface area contributed by atoms with E-state index in [0.29, 0.717) is 0 Å². The summed E-state index contributed by atoms with van der Waals surface area (Å²) in [4.78, 5) is 14.5. The Morgan fingerprint density at radius 1 is 0.960 bits per heavy atom. The van der Waals surface area contributed by atoms with Crippen LogP contribution in [0, 0.1) is 13.8 Å². The minimum atomic E-state index is 0.0338. The molecule has 130 valence electrons. The third-order valence-electron chi connectivity index (χ3n) is 5.12. The van der Waals surface area contributed by atoms with Crippen molar-refractivity contribution in [3.05, 3.63) is 63.1 Å². The Bertz CT molecular complexity index is 981. The lowest BCUT2D eigenvalue weighted by atomic mass is 10.0. The number of H-pyrrole nitrogens is 1. The van der Waals surface area contributed by atoms with Crippen LogP contribution in [0.5, 0.6) is 0 Å². The third-order valence-corrected chi connectivity index (χ3v) is 5.12. The largest absolute Gasteiger partial charge is 0.385 e. The number of rotatable bonds is 0. The van der Waals surface area contributed by atoms with Gasteiger partial charge in [-0.15, -0.1) is 0 Å². The van der Waals surface area contributed by atoms with Crippen molar-refractivity contribution in [3.8, 4) is 0 Å². The zero-order valence-corrected chi connectivity index (χ0v) is 15.0. The second kappa shape index (κ2) is 6.43. The molecule has 3 aromatic rings. The van der Waals surface area contributed by atoms with Gasteiger partial charge < -0.3 is 10.3 Å². The molecule has 0 spiro atoms. The summed E-state index contributed by atoms with van der Waals surface area (Å²) in [7, 11) is 0. The van der Waals surface area contributed by atoms with E-state index in [9.17, 15) is 4.79 Å². The predicted molar refractivity (Wildman–Crippen MR) is 104 cm³/mol. The molecule has 2 aliphatic heterocycles. The van der Waals surface area contributed by atoms with E-state index in [1.54, 1.807) is 0 Å². The van der Waals surface area contributed by atoms with Gasteiger partial charge in [-0.3, -0.25) is 4.57 Å². The van der Waals surface area contributed by atoms with Crippen molar-refractivity contribution in [2.24, 2.45) is 0 Å². The molecule has 3 heterocycles. The fraction of sp³-hybridized carbons (Fsp3) is 0.381. The van der Waals surface area contributed by atoms with Crippen LogP contribution in [0.3, 0.4) is 0 Å². The quantitative estimate of drug-likeness (QED) is 0.654. The molecule has 5 rings (SSSR count). The predicted octanol–water partition coefficient (Wildman–Crippen LogP) is 3.94. The number of imidazole rings is 1. The van der Waals surface area contributed by atoms with Crippen molar-refractivity contribution in [2.75, 3.05) is 11.9 Å². The molecule has 0 aliphatic carbocycles. The number of fused-ring (bicyclic) bond motifs is 1. The number of aromatic nitrogens is 2. The first kappa shape index (κ1) is 16.0. The monoisotopic (exact) mass is 335 g/mol. The minimum absolute atomic E-state index is 0.0338. The standard InChI is InChI=1S/C11H12N2O.C10H13N/c1-7-5-8-3-2-4-13-10(8)9(6-7)12-11(13)14;1-8-4-5-10-9(7-8)3-2-6-11-10/h5-6H,2-4H2,1H3,(H,12,14);4-5,7,11H,2-3,6H2,1H3. The maximum atomic E-state index is 11.6. The highest BCUT2D eigenvalue weighted by Gasteiger charge is 2.15. The summed E-state index contributed by atoms with van der Waals surface area (Å²) in [5.74, 6) is 0. The summed E-state index contributed by atoms with van der Waals surface area (Å²) in [6, 6.07) is 10.9. The van der Waals surface area contributed by atoms with Crippen LogP contribution < -0.4 is 11.0 Å². The SMILES string of the molecule is Cc1cc2c3c(c1)[nH]c(=O)n3CCC2.Cc1ccc2c(c1)CCCN2. The first-order valence-electron chi connectivity index (χ1n) is 9.17. The molecule has 4 nitrogen and oxygen atoms in total. The third kappa shape index (κ3) is 3.09. The van der Waals surface area contributed by atoms with E-state index in [2.05, 4.69) is 48.4 Å². The molecule has 25 heavy (non-hydrogen) atoms. The average molecular weight is 335 g/mol. The lowest BCUT2D eigenvalue weighted by molar-refractivity contribution is 0.615. The van der Waals surface area contributed by atoms with Gasteiger partial charge in [-0.05, 0) is 68.4 Å². The van der Waals surface area contributed by atoms with E-state index in [0.717, 1.165) is 37.0 Å². The highest BCUT2D eigenvalue weighted by molar-refractivity contribution is 5.80. The van der Waals surface area contributed by atoms with E-state index >= 15 is 0 Å². The van der Waals surface area contributed by atoms with E-state index in [-0.39, 0.29) is 5.69 Å². The zero-order valence-electron chi connectivity index (χ0n) is 15.0. The number of nitrogens with one attached hydrogen (secondary N) is 2. The molecule has 0 bridgehead atoms. The molecule has 0 saturated heterocycles. The summed E-state index contributed by atoms with van der Waals surface area (Å²) in [6.07, 6.45) is 4.68. The van der Waals surface area contributed by atoms with Gasteiger partial charge >= 0.3 is 5.69 Å². The first-order valence-corrected chi connectivity index (χ1v) is 9.17. The molecule has 0 unspecified atom stereocenters. The van der Waals surface area contributed by atoms with Crippen LogP contribution in [0.15, 0.2) is 35.1 Å². The summed E-state index contributed by atoms with van der Waals surface area (Å²) in [6.45, 7) is 6.21. The number of aromatic amines is 1. The van der Waals surface area contributed by atoms with Crippen LogP contribution in [0.2, 0.25) is 0 Å². The molecule has 2 aromatic carbocycles. The lowest BCUT2D eigenvalue weighted by Gasteiger charge is -2.17. The summed E-state index contributed by atoms with van der Waals surface area (Å²) < 4.78 is 1.85. The van der Waals surface area contributed by atoms with Gasteiger partial charge in [-0.1, -0.05) is 23.8 Å². The second-order valence-electron chi connectivity index (χ2n) is 7.20. The van der Waals surface area contributed by atoms with E-state index in [4.69, 9.17) is 0 Å². The molecule has 0 saturated carbocycles. The van der Waals surface area contributed by atoms with Crippen LogP contribution in [0.25, 0.3) is 11.0 Å². The molecule has 0 amide bonds. The van der Waals surface area contributed by atoms with Crippen molar-refractivity contribution < 1.29 is 0 Å². The Kier molecular flexibility index (Phi) is 4.12. The van der Waals surface area contributed by atoms with Crippen LogP contribution >= 0.6 is 0 Å². The maximum absolute atomic E-state index is 11.6. The molecular formula is C21H25N3O. The molecule has 0 atom stereocenters. The molecule has 2 aliphatic rings. The van der Waals surface area contributed by atoms with Gasteiger partial charge in [0.15, 0.2) is 0 Å². The van der Waals surface area contributed by atoms with E-state index in [1.807, 2.05) is 10.6 Å². The molecular weight excluding hydrogens is 310 g/mol. The zero-order chi connectivity index (χ0) is 17.4. The van der Waals surface area contributed by atoms with Crippen molar-refractivity contribution in [1.29, 1.82) is 0 Å². The van der Waals surface area contributed by atoms with Gasteiger partial charge in [0, 0.05) is 18.8 Å². The lowest BCUT2D eigenvalue weighted by Crippen LogP contribution is -2.20. The van der Waals surface area contributed by atoms with Crippen molar-refractivity contribution in [2.45, 2.75) is 46.1 Å². The number of hydrogen-bond acceptors (Lipinski definition) is 2. The summed E-state index contributed by atoms with van der Waals surface area (Å²) >= 11 is 0. The highest BCUT2D eigenvalue weighted by atomic mass is 16.1. The van der Waals surface area contributed by atoms with Crippen LogP contribution in [0.4, 0.5) is 5.69 Å². The highest BCUT2D eigenvalue weighted by Crippen LogP contribution is 2.24. The van der Waals surface area contributed by atoms with Gasteiger partial charge in [0.2, 0.25) is 0 Å². The Hall–Kier alpha value is -2.49. The van der Waals surface area contributed by atoms with E-state index in [1.165, 1.54) is 40.8 Å². The number of benzene rings is 2. The van der Waals surface area contributed by atoms with Gasteiger partial charge in [-0.25, -0.2) is 4.79 Å². The van der Waals surface area contributed by atoms with E-state index < -0.39 is 0 Å². The maximum Gasteiger partial charge on any atom is 0.326 e. The molecule has 4 heteroatoms. The fourth-order valence-electron chi connectivity index (χ4n) is 3.99. The number of aryl methyl sites for hydroxylation is 5. The second-order valence-corrected chi connectivity index (χ2v) is 7.20. The Labute approximate surface area is 147 Å². The van der Waals surface area contributed by atoms with Crippen LogP contribution in [0.1, 0.15) is 35.1 Å². The van der Waals surface area contributed by atoms with Gasteiger partial charge in [0.05, 0.1) is 11.0 Å². The Morgan fingerprint density at radius 2 is 1.76 bits per heavy atom. The number of anilines is 1. The summed E-state index contributed by atoms with van der Waals surface area (Å²) in [5, 5.41) is 3.39. The number of hydrogen-bond donors (Lipinski definition) is 2. The van der Waals surface area contributed by atoms with Crippen LogP contribution in [-0.2, 0) is 19.4 Å². The number of nitrogens with zero attached hydrogens (tertiary/aromatic N) is 1. The van der Waals surface area contributed by atoms with Gasteiger partial charge in [-0.2, -0.15) is 0 Å². The van der Waals surface area contributed by atoms with Crippen molar-refractivity contribution >= 4 is 16.7 Å². The van der Waals surface area contributed by atoms with Crippen molar-refractivity contribution in [1.82, 2.24) is 9.55 Å². The molecule has 1 aromatic heterocycles. The summed E-state index contributed by atoms with van der Waals surface area (Å²) in [5.41, 5.74) is 8.86. The normalized spacial score (nSPS) is 15.1. The Balaban J connectivity index is 0.000000129. The topological polar surface area (TPSA) is 49.8 Å². The molecule has 0 radical (unpaired) electrons. The minimum Gasteiger partial charge on any atom is -0.385 e. The smallest absolute Gasteiger partial charge is 0.326 e. The fourth-order valence-corrected chi connectivity index (χ4v) is 3.99. The molecule has 0 fully saturated rings. The molecule has 2 N–H and O–H groups in total. The van der Waals surface area contributed by atoms with Gasteiger partial charge in [0.1, 0.15) is 0 Å². The van der Waals surface area contributed by atoms with Crippen LogP contribution in [-0.4, -0.2) is 16.1 Å².